The third-order valence-electron chi connectivity index (χ3n) is 5.99. The zero-order chi connectivity index (χ0) is 21.2. The average Bonchev–Trinajstić information content (AvgIpc) is 3.41. The lowest BCUT2D eigenvalue weighted by Gasteiger charge is -2.25. The number of hydrogen-bond acceptors (Lipinski definition) is 8. The first-order valence-electron chi connectivity index (χ1n) is 10.9. The van der Waals surface area contributed by atoms with Crippen LogP contribution in [0.25, 0.3) is 11.4 Å². The molecule has 2 aliphatic carbocycles. The Labute approximate surface area is 185 Å². The number of aromatic nitrogens is 5. The van der Waals surface area contributed by atoms with Crippen molar-refractivity contribution in [2.75, 3.05) is 14.2 Å². The summed E-state index contributed by atoms with van der Waals surface area (Å²) in [6.07, 6.45) is 8.33. The third kappa shape index (κ3) is 4.28. The van der Waals surface area contributed by atoms with Crippen LogP contribution in [0.5, 0.6) is 11.5 Å². The third-order valence-corrected chi connectivity index (χ3v) is 6.93. The van der Waals surface area contributed by atoms with Crippen LogP contribution in [0.4, 0.5) is 0 Å². The average molecular weight is 442 g/mol. The summed E-state index contributed by atoms with van der Waals surface area (Å²) in [5.74, 6) is 4.83. The lowest BCUT2D eigenvalue weighted by atomic mass is 9.95. The maximum absolute atomic E-state index is 5.51. The molecule has 0 radical (unpaired) electrons. The van der Waals surface area contributed by atoms with E-state index < -0.39 is 0 Å². The Bertz CT molecular complexity index is 1040. The van der Waals surface area contributed by atoms with E-state index in [-0.39, 0.29) is 0 Å². The van der Waals surface area contributed by atoms with Gasteiger partial charge in [0.15, 0.2) is 28.3 Å². The van der Waals surface area contributed by atoms with E-state index in [0.29, 0.717) is 29.2 Å². The molecule has 2 fully saturated rings. The van der Waals surface area contributed by atoms with Crippen LogP contribution >= 0.6 is 11.8 Å². The number of methoxy groups -OCH3 is 2. The molecule has 0 unspecified atom stereocenters. The van der Waals surface area contributed by atoms with Crippen molar-refractivity contribution in [3.8, 4) is 22.9 Å². The van der Waals surface area contributed by atoms with Crippen LogP contribution in [-0.2, 0) is 5.75 Å². The normalized spacial score (nSPS) is 17.1. The fourth-order valence-corrected chi connectivity index (χ4v) is 5.02. The van der Waals surface area contributed by atoms with E-state index in [2.05, 4.69) is 24.9 Å². The second-order valence-electron chi connectivity index (χ2n) is 8.15. The minimum atomic E-state index is 0.390. The van der Waals surface area contributed by atoms with Gasteiger partial charge < -0.3 is 14.0 Å². The molecule has 9 heteroatoms. The van der Waals surface area contributed by atoms with Gasteiger partial charge >= 0.3 is 0 Å². The molecule has 0 saturated heterocycles. The molecule has 0 amide bonds. The smallest absolute Gasteiger partial charge is 0.229 e. The molecule has 164 valence electrons. The Balaban J connectivity index is 1.44. The molecule has 2 aromatic heterocycles. The Hall–Kier alpha value is -2.55. The van der Waals surface area contributed by atoms with Crippen LogP contribution < -0.4 is 9.47 Å². The lowest BCUT2D eigenvalue weighted by molar-refractivity contribution is 0.339. The second kappa shape index (κ2) is 8.90. The molecule has 8 nitrogen and oxygen atoms in total. The van der Waals surface area contributed by atoms with E-state index >= 15 is 0 Å². The summed E-state index contributed by atoms with van der Waals surface area (Å²) < 4.78 is 18.6. The van der Waals surface area contributed by atoms with Gasteiger partial charge in [0.05, 0.1) is 20.0 Å². The van der Waals surface area contributed by atoms with E-state index in [0.717, 1.165) is 53.9 Å². The van der Waals surface area contributed by atoms with Gasteiger partial charge in [0.2, 0.25) is 5.89 Å². The van der Waals surface area contributed by atoms with Gasteiger partial charge in [-0.15, -0.1) is 10.2 Å². The van der Waals surface area contributed by atoms with Crippen molar-refractivity contribution >= 4 is 11.8 Å². The van der Waals surface area contributed by atoms with Gasteiger partial charge in [-0.2, -0.15) is 4.98 Å². The van der Waals surface area contributed by atoms with Crippen LogP contribution in [0.3, 0.4) is 0 Å². The Morgan fingerprint density at radius 1 is 1.03 bits per heavy atom. The van der Waals surface area contributed by atoms with Crippen molar-refractivity contribution in [3.05, 3.63) is 29.9 Å². The Morgan fingerprint density at radius 3 is 2.58 bits per heavy atom. The summed E-state index contributed by atoms with van der Waals surface area (Å²) in [5.41, 5.74) is 0.971. The van der Waals surface area contributed by atoms with Gasteiger partial charge in [0.25, 0.3) is 0 Å². The minimum absolute atomic E-state index is 0.390. The fraction of sp³-hybridized carbons (Fsp3) is 0.545. The first-order valence-corrected chi connectivity index (χ1v) is 11.9. The molecule has 0 atom stereocenters. The predicted octanol–water partition coefficient (Wildman–Crippen LogP) is 5.02. The number of hydrogen-bond donors (Lipinski definition) is 0. The van der Waals surface area contributed by atoms with Crippen LogP contribution in [0.2, 0.25) is 0 Å². The summed E-state index contributed by atoms with van der Waals surface area (Å²) in [6, 6.07) is 6.29. The summed E-state index contributed by atoms with van der Waals surface area (Å²) in [6.45, 7) is 0. The number of thioether (sulfide) groups is 1. The number of rotatable bonds is 8. The molecule has 2 aliphatic rings. The maximum Gasteiger partial charge on any atom is 0.229 e. The zero-order valence-corrected chi connectivity index (χ0v) is 18.7. The number of ether oxygens (including phenoxy) is 2. The van der Waals surface area contributed by atoms with Gasteiger partial charge in [-0.1, -0.05) is 36.2 Å². The summed E-state index contributed by atoms with van der Waals surface area (Å²) in [7, 11) is 3.29. The van der Waals surface area contributed by atoms with E-state index in [1.54, 1.807) is 26.0 Å². The van der Waals surface area contributed by atoms with E-state index in [1.807, 2.05) is 18.2 Å². The monoisotopic (exact) mass is 441 g/mol. The summed E-state index contributed by atoms with van der Waals surface area (Å²) >= 11 is 1.62. The zero-order valence-electron chi connectivity index (χ0n) is 17.9. The van der Waals surface area contributed by atoms with Crippen molar-refractivity contribution in [2.24, 2.45) is 0 Å². The highest BCUT2D eigenvalue weighted by atomic mass is 32.2. The Kier molecular flexibility index (Phi) is 5.85. The molecule has 2 saturated carbocycles. The van der Waals surface area contributed by atoms with Crippen molar-refractivity contribution < 1.29 is 14.0 Å². The van der Waals surface area contributed by atoms with E-state index in [9.17, 15) is 0 Å². The second-order valence-corrected chi connectivity index (χ2v) is 9.09. The maximum atomic E-state index is 5.51. The van der Waals surface area contributed by atoms with E-state index in [1.165, 1.54) is 19.3 Å². The fourth-order valence-electron chi connectivity index (χ4n) is 4.17. The lowest BCUT2D eigenvalue weighted by Crippen LogP contribution is -2.15. The quantitative estimate of drug-likeness (QED) is 0.450. The predicted molar refractivity (Wildman–Crippen MR) is 117 cm³/mol. The van der Waals surface area contributed by atoms with Crippen LogP contribution in [0, 0.1) is 0 Å². The molecule has 0 spiro atoms. The van der Waals surface area contributed by atoms with Crippen molar-refractivity contribution in [1.82, 2.24) is 24.9 Å². The molecule has 3 aromatic rings. The molecule has 2 heterocycles. The van der Waals surface area contributed by atoms with Gasteiger partial charge in [-0.25, -0.2) is 0 Å². The first-order chi connectivity index (χ1) is 15.3. The molecule has 0 bridgehead atoms. The van der Waals surface area contributed by atoms with Crippen LogP contribution in [-0.4, -0.2) is 39.1 Å². The van der Waals surface area contributed by atoms with Crippen molar-refractivity contribution in [1.29, 1.82) is 0 Å². The molecule has 0 aliphatic heterocycles. The molecular weight excluding hydrogens is 414 g/mol. The van der Waals surface area contributed by atoms with Gasteiger partial charge in [0, 0.05) is 17.5 Å². The molecule has 31 heavy (non-hydrogen) atoms. The highest BCUT2D eigenvalue weighted by Crippen LogP contribution is 2.40. The number of nitrogens with zero attached hydrogens (tertiary/aromatic N) is 5. The molecule has 0 N–H and O–H groups in total. The molecular formula is C22H27N5O3S. The molecule has 1 aromatic carbocycles. The van der Waals surface area contributed by atoms with Gasteiger partial charge in [-0.05, 0) is 43.9 Å². The highest BCUT2D eigenvalue weighted by Gasteiger charge is 2.30. The van der Waals surface area contributed by atoms with Gasteiger partial charge in [-0.3, -0.25) is 4.57 Å². The van der Waals surface area contributed by atoms with Crippen molar-refractivity contribution in [3.63, 3.8) is 0 Å². The highest BCUT2D eigenvalue weighted by molar-refractivity contribution is 7.98. The van der Waals surface area contributed by atoms with E-state index in [4.69, 9.17) is 14.0 Å². The largest absolute Gasteiger partial charge is 0.493 e. The topological polar surface area (TPSA) is 88.1 Å². The van der Waals surface area contributed by atoms with Crippen LogP contribution in [0.1, 0.15) is 68.6 Å². The summed E-state index contributed by atoms with van der Waals surface area (Å²) in [5, 5.41) is 14.2. The summed E-state index contributed by atoms with van der Waals surface area (Å²) in [4.78, 5) is 4.55. The first kappa shape index (κ1) is 20.4. The van der Waals surface area contributed by atoms with Gasteiger partial charge in [0.1, 0.15) is 0 Å². The standard InChI is InChI=1S/C22H27N5O3S/c1-28-17-11-10-15(12-18(17)29-2)20-24-25-22(27(20)16-6-4-3-5-7-16)31-13-19-23-21(30-26-19)14-8-9-14/h10-12,14,16H,3-9,13H2,1-2H3. The minimum Gasteiger partial charge on any atom is -0.493 e. The van der Waals surface area contributed by atoms with Crippen LogP contribution in [0.15, 0.2) is 27.9 Å². The SMILES string of the molecule is COc1ccc(-c2nnc(SCc3noc(C4CC4)n3)n2C2CCCCC2)cc1OC. The number of benzene rings is 1. The Morgan fingerprint density at radius 2 is 1.84 bits per heavy atom. The van der Waals surface area contributed by atoms with Crippen molar-refractivity contribution in [2.45, 2.75) is 67.8 Å². The molecule has 5 rings (SSSR count).